The van der Waals surface area contributed by atoms with Gasteiger partial charge in [0, 0.05) is 12.8 Å². The van der Waals surface area contributed by atoms with Crippen LogP contribution in [0.2, 0.25) is 0 Å². The van der Waals surface area contributed by atoms with Crippen molar-refractivity contribution in [1.82, 2.24) is 0 Å². The summed E-state index contributed by atoms with van der Waals surface area (Å²) in [5, 5.41) is 0. The van der Waals surface area contributed by atoms with Crippen LogP contribution in [0.15, 0.2) is 0 Å². The van der Waals surface area contributed by atoms with Crippen molar-refractivity contribution >= 4 is 11.9 Å². The molecule has 0 atom stereocenters. The predicted molar refractivity (Wildman–Crippen MR) is 112 cm³/mol. The van der Waals surface area contributed by atoms with Gasteiger partial charge < -0.3 is 9.47 Å². The van der Waals surface area contributed by atoms with E-state index in [9.17, 15) is 9.59 Å². The largest absolute Gasteiger partial charge is 0.466 e. The zero-order chi connectivity index (χ0) is 20.0. The molecule has 0 saturated heterocycles. The highest BCUT2D eigenvalue weighted by molar-refractivity contribution is 5.72. The number of unbranched alkanes of at least 4 members (excludes halogenated alkanes) is 12. The Labute approximate surface area is 167 Å². The molecule has 0 aliphatic rings. The van der Waals surface area contributed by atoms with Gasteiger partial charge in [0.1, 0.15) is 0 Å². The molecule has 0 aromatic rings. The lowest BCUT2D eigenvalue weighted by Crippen LogP contribution is -2.09. The SMILES string of the molecule is CCCCCCCCCCCOC(=O)CCCC(=O)OCCCCCCC. The molecule has 0 N–H and O–H groups in total. The number of hydrogen-bond donors (Lipinski definition) is 0. The van der Waals surface area contributed by atoms with Gasteiger partial charge in [0.05, 0.1) is 13.2 Å². The van der Waals surface area contributed by atoms with Crippen molar-refractivity contribution in [3.63, 3.8) is 0 Å². The molecular formula is C23H44O4. The minimum absolute atomic E-state index is 0.193. The highest BCUT2D eigenvalue weighted by atomic mass is 16.5. The van der Waals surface area contributed by atoms with Crippen LogP contribution >= 0.6 is 0 Å². The Morgan fingerprint density at radius 1 is 0.481 bits per heavy atom. The highest BCUT2D eigenvalue weighted by Gasteiger charge is 2.07. The molecule has 0 unspecified atom stereocenters. The molecule has 0 aliphatic carbocycles. The van der Waals surface area contributed by atoms with E-state index in [0.29, 0.717) is 32.5 Å². The molecule has 0 radical (unpaired) electrons. The third-order valence-electron chi connectivity index (χ3n) is 4.78. The maximum atomic E-state index is 11.6. The molecule has 4 nitrogen and oxygen atoms in total. The molecule has 0 fully saturated rings. The van der Waals surface area contributed by atoms with Crippen molar-refractivity contribution in [2.45, 2.75) is 123 Å². The van der Waals surface area contributed by atoms with E-state index in [1.165, 1.54) is 64.2 Å². The molecule has 0 amide bonds. The fourth-order valence-electron chi connectivity index (χ4n) is 3.01. The number of rotatable bonds is 20. The summed E-state index contributed by atoms with van der Waals surface area (Å²) in [6, 6.07) is 0. The first-order chi connectivity index (χ1) is 13.2. The summed E-state index contributed by atoms with van der Waals surface area (Å²) in [4.78, 5) is 23.2. The Balaban J connectivity index is 3.30. The average Bonchev–Trinajstić information content (AvgIpc) is 2.66. The molecule has 0 rings (SSSR count). The van der Waals surface area contributed by atoms with E-state index in [-0.39, 0.29) is 11.9 Å². The van der Waals surface area contributed by atoms with E-state index in [4.69, 9.17) is 9.47 Å². The van der Waals surface area contributed by atoms with Crippen LogP contribution < -0.4 is 0 Å². The minimum atomic E-state index is -0.197. The predicted octanol–water partition coefficient (Wildman–Crippen LogP) is 6.74. The monoisotopic (exact) mass is 384 g/mol. The van der Waals surface area contributed by atoms with E-state index < -0.39 is 0 Å². The van der Waals surface area contributed by atoms with Crippen LogP contribution in [0.25, 0.3) is 0 Å². The Morgan fingerprint density at radius 3 is 1.19 bits per heavy atom. The number of hydrogen-bond acceptors (Lipinski definition) is 4. The summed E-state index contributed by atoms with van der Waals surface area (Å²) in [6.07, 6.45) is 18.1. The maximum Gasteiger partial charge on any atom is 0.305 e. The van der Waals surface area contributed by atoms with Crippen LogP contribution in [0, 0.1) is 0 Å². The molecule has 0 bridgehead atoms. The summed E-state index contributed by atoms with van der Waals surface area (Å²) in [5.41, 5.74) is 0. The van der Waals surface area contributed by atoms with Gasteiger partial charge in [-0.15, -0.1) is 0 Å². The van der Waals surface area contributed by atoms with Gasteiger partial charge in [-0.3, -0.25) is 9.59 Å². The zero-order valence-corrected chi connectivity index (χ0v) is 18.1. The number of carbonyl (C=O) groups excluding carboxylic acids is 2. The highest BCUT2D eigenvalue weighted by Crippen LogP contribution is 2.10. The van der Waals surface area contributed by atoms with Gasteiger partial charge in [-0.2, -0.15) is 0 Å². The summed E-state index contributed by atoms with van der Waals surface area (Å²) in [7, 11) is 0. The average molecular weight is 385 g/mol. The first-order valence-electron chi connectivity index (χ1n) is 11.5. The second kappa shape index (κ2) is 21.2. The summed E-state index contributed by atoms with van der Waals surface area (Å²) >= 11 is 0. The molecule has 4 heteroatoms. The first-order valence-corrected chi connectivity index (χ1v) is 11.5. The lowest BCUT2D eigenvalue weighted by Gasteiger charge is -2.06. The maximum absolute atomic E-state index is 11.6. The molecule has 27 heavy (non-hydrogen) atoms. The third kappa shape index (κ3) is 21.1. The van der Waals surface area contributed by atoms with E-state index >= 15 is 0 Å². The van der Waals surface area contributed by atoms with Gasteiger partial charge in [-0.25, -0.2) is 0 Å². The molecule has 160 valence electrons. The molecule has 0 saturated carbocycles. The normalized spacial score (nSPS) is 10.7. The summed E-state index contributed by atoms with van der Waals surface area (Å²) in [5.74, 6) is -0.390. The Kier molecular flexibility index (Phi) is 20.4. The van der Waals surface area contributed by atoms with Gasteiger partial charge in [-0.05, 0) is 19.3 Å². The standard InChI is InChI=1S/C23H44O4/c1-3-5-7-9-10-11-12-14-16-21-27-23(25)19-17-18-22(24)26-20-15-13-8-6-4-2/h3-21H2,1-2H3. The zero-order valence-electron chi connectivity index (χ0n) is 18.1. The van der Waals surface area contributed by atoms with Crippen LogP contribution in [0.3, 0.4) is 0 Å². The van der Waals surface area contributed by atoms with Crippen molar-refractivity contribution in [2.24, 2.45) is 0 Å². The van der Waals surface area contributed by atoms with E-state index in [2.05, 4.69) is 13.8 Å². The van der Waals surface area contributed by atoms with Crippen molar-refractivity contribution in [3.05, 3.63) is 0 Å². The van der Waals surface area contributed by atoms with Crippen molar-refractivity contribution < 1.29 is 19.1 Å². The van der Waals surface area contributed by atoms with E-state index in [1.54, 1.807) is 0 Å². The number of esters is 2. The molecule has 0 heterocycles. The third-order valence-corrected chi connectivity index (χ3v) is 4.78. The van der Waals surface area contributed by atoms with Crippen LogP contribution in [-0.2, 0) is 19.1 Å². The van der Waals surface area contributed by atoms with Crippen molar-refractivity contribution in [3.8, 4) is 0 Å². The second-order valence-corrected chi connectivity index (χ2v) is 7.54. The molecule has 0 spiro atoms. The number of ether oxygens (including phenoxy) is 2. The topological polar surface area (TPSA) is 52.6 Å². The number of carbonyl (C=O) groups is 2. The lowest BCUT2D eigenvalue weighted by atomic mass is 10.1. The fraction of sp³-hybridized carbons (Fsp3) is 0.913. The van der Waals surface area contributed by atoms with Gasteiger partial charge in [0.2, 0.25) is 0 Å². The fourth-order valence-corrected chi connectivity index (χ4v) is 3.01. The molecule has 0 aromatic carbocycles. The van der Waals surface area contributed by atoms with Crippen molar-refractivity contribution in [2.75, 3.05) is 13.2 Å². The Bertz CT molecular complexity index is 341. The van der Waals surface area contributed by atoms with Crippen LogP contribution in [0.4, 0.5) is 0 Å². The molecule has 0 aromatic heterocycles. The minimum Gasteiger partial charge on any atom is -0.466 e. The molecule has 0 aliphatic heterocycles. The van der Waals surface area contributed by atoms with Crippen LogP contribution in [0.5, 0.6) is 0 Å². The van der Waals surface area contributed by atoms with Gasteiger partial charge in [0.25, 0.3) is 0 Å². The second-order valence-electron chi connectivity index (χ2n) is 7.54. The smallest absolute Gasteiger partial charge is 0.305 e. The van der Waals surface area contributed by atoms with E-state index in [0.717, 1.165) is 25.7 Å². The Hall–Kier alpha value is -1.06. The molecular weight excluding hydrogens is 340 g/mol. The van der Waals surface area contributed by atoms with Crippen molar-refractivity contribution in [1.29, 1.82) is 0 Å². The van der Waals surface area contributed by atoms with Crippen LogP contribution in [-0.4, -0.2) is 25.2 Å². The van der Waals surface area contributed by atoms with Crippen LogP contribution in [0.1, 0.15) is 123 Å². The summed E-state index contributed by atoms with van der Waals surface area (Å²) in [6.45, 7) is 5.44. The quantitative estimate of drug-likeness (QED) is 0.172. The van der Waals surface area contributed by atoms with Gasteiger partial charge in [-0.1, -0.05) is 90.9 Å². The first kappa shape index (κ1) is 25.9. The van der Waals surface area contributed by atoms with Gasteiger partial charge >= 0.3 is 11.9 Å². The Morgan fingerprint density at radius 2 is 0.815 bits per heavy atom. The lowest BCUT2D eigenvalue weighted by molar-refractivity contribution is -0.145. The summed E-state index contributed by atoms with van der Waals surface area (Å²) < 4.78 is 10.4. The van der Waals surface area contributed by atoms with E-state index in [1.807, 2.05) is 0 Å². The van der Waals surface area contributed by atoms with Gasteiger partial charge in [0.15, 0.2) is 0 Å².